The van der Waals surface area contributed by atoms with Crippen molar-refractivity contribution in [3.05, 3.63) is 34.8 Å². The highest BCUT2D eigenvalue weighted by Gasteiger charge is 2.28. The highest BCUT2D eigenvalue weighted by molar-refractivity contribution is 7.08. The molecule has 5 nitrogen and oxygen atoms in total. The Morgan fingerprint density at radius 3 is 2.59 bits per heavy atom. The maximum absolute atomic E-state index is 12.0. The number of hydrogen-bond donors (Lipinski definition) is 1. The lowest BCUT2D eigenvalue weighted by atomic mass is 10.2. The quantitative estimate of drug-likeness (QED) is 0.913. The molecule has 0 atom stereocenters. The zero-order valence-electron chi connectivity index (χ0n) is 11.5. The van der Waals surface area contributed by atoms with Gasteiger partial charge in [-0.15, -0.1) is 5.10 Å². The third kappa shape index (κ3) is 4.42. The number of nitrogens with one attached hydrogen (secondary N) is 1. The molecule has 0 unspecified atom stereocenters. The summed E-state index contributed by atoms with van der Waals surface area (Å²) >= 11 is 0.993. The van der Waals surface area contributed by atoms with Crippen LogP contribution in [-0.2, 0) is 6.42 Å². The Morgan fingerprint density at radius 2 is 2.00 bits per heavy atom. The highest BCUT2D eigenvalue weighted by Crippen LogP contribution is 2.21. The molecule has 118 valence electrons. The first-order valence-electron chi connectivity index (χ1n) is 6.31. The van der Waals surface area contributed by atoms with E-state index in [-0.39, 0.29) is 11.7 Å². The molecule has 0 spiro atoms. The van der Waals surface area contributed by atoms with E-state index >= 15 is 0 Å². The normalized spacial score (nSPS) is 11.3. The number of amides is 1. The van der Waals surface area contributed by atoms with Gasteiger partial charge in [0.25, 0.3) is 5.91 Å². The van der Waals surface area contributed by atoms with Crippen molar-refractivity contribution in [2.75, 3.05) is 11.9 Å². The SMILES string of the molecule is CCc1nnsc1C(=O)Nc1ccc(OCC(F)(F)F)cc1. The number of rotatable bonds is 5. The van der Waals surface area contributed by atoms with Gasteiger partial charge in [0, 0.05) is 5.69 Å². The topological polar surface area (TPSA) is 64.1 Å². The van der Waals surface area contributed by atoms with Crippen LogP contribution in [0.4, 0.5) is 18.9 Å². The van der Waals surface area contributed by atoms with Crippen LogP contribution in [0, 0.1) is 0 Å². The fourth-order valence-corrected chi connectivity index (χ4v) is 2.25. The Kier molecular flexibility index (Phi) is 4.96. The van der Waals surface area contributed by atoms with E-state index in [9.17, 15) is 18.0 Å². The van der Waals surface area contributed by atoms with Crippen molar-refractivity contribution in [3.63, 3.8) is 0 Å². The summed E-state index contributed by atoms with van der Waals surface area (Å²) in [6.07, 6.45) is -3.80. The second-order valence-electron chi connectivity index (χ2n) is 4.28. The standard InChI is InChI=1S/C13H12F3N3O2S/c1-2-10-11(22-19-18-10)12(20)17-8-3-5-9(6-4-8)21-7-13(14,15)16/h3-6H,2,7H2,1H3,(H,17,20). The summed E-state index contributed by atoms with van der Waals surface area (Å²) < 4.78 is 44.4. The van der Waals surface area contributed by atoms with Crippen LogP contribution in [-0.4, -0.2) is 28.3 Å². The Balaban J connectivity index is 1.98. The van der Waals surface area contributed by atoms with E-state index in [4.69, 9.17) is 0 Å². The molecule has 0 aliphatic heterocycles. The summed E-state index contributed by atoms with van der Waals surface area (Å²) in [7, 11) is 0. The zero-order valence-corrected chi connectivity index (χ0v) is 12.3. The summed E-state index contributed by atoms with van der Waals surface area (Å²) in [6.45, 7) is 0.505. The molecule has 2 aromatic rings. The number of halogens is 3. The number of carbonyl (C=O) groups excluding carboxylic acids is 1. The van der Waals surface area contributed by atoms with E-state index in [0.29, 0.717) is 22.7 Å². The van der Waals surface area contributed by atoms with Gasteiger partial charge in [-0.3, -0.25) is 4.79 Å². The van der Waals surface area contributed by atoms with Crippen LogP contribution in [0.15, 0.2) is 24.3 Å². The predicted octanol–water partition coefficient (Wildman–Crippen LogP) is 3.29. The van der Waals surface area contributed by atoms with Gasteiger partial charge in [0.1, 0.15) is 10.6 Å². The Morgan fingerprint density at radius 1 is 1.32 bits per heavy atom. The van der Waals surface area contributed by atoms with Crippen molar-refractivity contribution in [3.8, 4) is 5.75 Å². The van der Waals surface area contributed by atoms with E-state index < -0.39 is 12.8 Å². The van der Waals surface area contributed by atoms with Crippen LogP contribution in [0.3, 0.4) is 0 Å². The van der Waals surface area contributed by atoms with Crippen molar-refractivity contribution in [1.29, 1.82) is 0 Å². The molecule has 9 heteroatoms. The molecule has 0 saturated carbocycles. The van der Waals surface area contributed by atoms with Crippen LogP contribution in [0.25, 0.3) is 0 Å². The second-order valence-corrected chi connectivity index (χ2v) is 5.04. The molecule has 1 aromatic carbocycles. The second kappa shape index (κ2) is 6.73. The number of aryl methyl sites for hydroxylation is 1. The van der Waals surface area contributed by atoms with E-state index in [1.54, 1.807) is 0 Å². The number of aromatic nitrogens is 2. The van der Waals surface area contributed by atoms with Crippen LogP contribution in [0.1, 0.15) is 22.3 Å². The van der Waals surface area contributed by atoms with Crippen molar-refractivity contribution in [1.82, 2.24) is 9.59 Å². The molecular formula is C13H12F3N3O2S. The molecule has 0 bridgehead atoms. The fraction of sp³-hybridized carbons (Fsp3) is 0.308. The van der Waals surface area contributed by atoms with E-state index in [0.717, 1.165) is 11.5 Å². The predicted molar refractivity (Wildman–Crippen MR) is 75.2 cm³/mol. The smallest absolute Gasteiger partial charge is 0.422 e. The number of alkyl halides is 3. The van der Waals surface area contributed by atoms with Crippen molar-refractivity contribution in [2.45, 2.75) is 19.5 Å². The van der Waals surface area contributed by atoms with Crippen molar-refractivity contribution in [2.24, 2.45) is 0 Å². The lowest BCUT2D eigenvalue weighted by molar-refractivity contribution is -0.153. The summed E-state index contributed by atoms with van der Waals surface area (Å²) in [5.74, 6) is -0.278. The molecule has 0 aliphatic carbocycles. The number of carbonyl (C=O) groups is 1. The largest absolute Gasteiger partial charge is 0.484 e. The lowest BCUT2D eigenvalue weighted by Gasteiger charge is -2.10. The van der Waals surface area contributed by atoms with Crippen molar-refractivity contribution >= 4 is 23.1 Å². The third-order valence-electron chi connectivity index (χ3n) is 2.61. The number of benzene rings is 1. The highest BCUT2D eigenvalue weighted by atomic mass is 32.1. The number of anilines is 1. The number of hydrogen-bond acceptors (Lipinski definition) is 5. The molecule has 22 heavy (non-hydrogen) atoms. The monoisotopic (exact) mass is 331 g/mol. The summed E-state index contributed by atoms with van der Waals surface area (Å²) in [6, 6.07) is 5.63. The molecule has 1 heterocycles. The first-order chi connectivity index (χ1) is 10.4. The molecule has 0 fully saturated rings. The summed E-state index contributed by atoms with van der Waals surface area (Å²) in [5.41, 5.74) is 1.05. The Bertz CT molecular complexity index is 641. The van der Waals surface area contributed by atoms with Gasteiger partial charge in [0.2, 0.25) is 0 Å². The molecule has 1 N–H and O–H groups in total. The molecule has 0 aliphatic rings. The van der Waals surface area contributed by atoms with Crippen LogP contribution in [0.5, 0.6) is 5.75 Å². The minimum absolute atomic E-state index is 0.0732. The van der Waals surface area contributed by atoms with Gasteiger partial charge in [-0.2, -0.15) is 13.2 Å². The number of ether oxygens (including phenoxy) is 1. The van der Waals surface area contributed by atoms with Crippen molar-refractivity contribution < 1.29 is 22.7 Å². The van der Waals surface area contributed by atoms with Gasteiger partial charge in [-0.25, -0.2) is 0 Å². The molecular weight excluding hydrogens is 319 g/mol. The Hall–Kier alpha value is -2.16. The first kappa shape index (κ1) is 16.2. The zero-order chi connectivity index (χ0) is 16.2. The average molecular weight is 331 g/mol. The maximum atomic E-state index is 12.0. The summed E-state index contributed by atoms with van der Waals surface area (Å²) in [4.78, 5) is 12.5. The van der Waals surface area contributed by atoms with Gasteiger partial charge >= 0.3 is 6.18 Å². The molecule has 1 aromatic heterocycles. The average Bonchev–Trinajstić information content (AvgIpc) is 2.94. The summed E-state index contributed by atoms with van der Waals surface area (Å²) in [5, 5.41) is 6.47. The molecule has 1 amide bonds. The minimum Gasteiger partial charge on any atom is -0.484 e. The van der Waals surface area contributed by atoms with Gasteiger partial charge in [-0.05, 0) is 42.2 Å². The van der Waals surface area contributed by atoms with E-state index in [1.807, 2.05) is 6.92 Å². The van der Waals surface area contributed by atoms with Gasteiger partial charge in [0.05, 0.1) is 5.69 Å². The fourth-order valence-electron chi connectivity index (χ4n) is 1.60. The van der Waals surface area contributed by atoms with Crippen LogP contribution in [0.2, 0.25) is 0 Å². The van der Waals surface area contributed by atoms with Gasteiger partial charge in [0.15, 0.2) is 6.61 Å². The molecule has 0 saturated heterocycles. The van der Waals surface area contributed by atoms with E-state index in [2.05, 4.69) is 19.6 Å². The van der Waals surface area contributed by atoms with Gasteiger partial charge < -0.3 is 10.1 Å². The van der Waals surface area contributed by atoms with Crippen LogP contribution < -0.4 is 10.1 Å². The minimum atomic E-state index is -4.39. The molecule has 0 radical (unpaired) electrons. The van der Waals surface area contributed by atoms with E-state index in [1.165, 1.54) is 24.3 Å². The third-order valence-corrected chi connectivity index (χ3v) is 3.38. The number of nitrogens with zero attached hydrogens (tertiary/aromatic N) is 2. The van der Waals surface area contributed by atoms with Crippen LogP contribution >= 0.6 is 11.5 Å². The first-order valence-corrected chi connectivity index (χ1v) is 7.08. The van der Waals surface area contributed by atoms with Gasteiger partial charge in [-0.1, -0.05) is 11.4 Å². The maximum Gasteiger partial charge on any atom is 0.422 e. The lowest BCUT2D eigenvalue weighted by Crippen LogP contribution is -2.19. The Labute approximate surface area is 128 Å². The molecule has 2 rings (SSSR count).